The predicted octanol–water partition coefficient (Wildman–Crippen LogP) is 12.9. The van der Waals surface area contributed by atoms with Gasteiger partial charge in [0, 0.05) is 32.9 Å². The van der Waals surface area contributed by atoms with Crippen LogP contribution in [-0.4, -0.2) is 16.2 Å². The summed E-state index contributed by atoms with van der Waals surface area (Å²) in [4.78, 5) is 0. The van der Waals surface area contributed by atoms with Gasteiger partial charge in [-0.05, 0) is 106 Å². The molecule has 3 heteroatoms. The van der Waals surface area contributed by atoms with E-state index in [1.807, 2.05) is 6.07 Å². The molecule has 8 aromatic carbocycles. The maximum Gasteiger partial charge on any atom is 0.119 e. The van der Waals surface area contributed by atoms with Gasteiger partial charge in [-0.15, -0.1) is 0 Å². The molecule has 0 aliphatic heterocycles. The summed E-state index contributed by atoms with van der Waals surface area (Å²) in [6, 6.07) is 67.7. The molecule has 0 spiro atoms. The second-order valence-electron chi connectivity index (χ2n) is 13.4. The van der Waals surface area contributed by atoms with Gasteiger partial charge in [0.25, 0.3) is 0 Å². The standard InChI is InChI=1S/C49H34N2O/c1-52-41-26-29-49-45(32-41)44-31-38(23-28-48(44)51(49)40-24-20-34(21-25-40)33-10-4-2-5-11-33)36-18-16-35(17-19-36)37-22-27-47-43(30-37)42-14-8-9-15-46(42)50(47)39-12-6-3-7-13-39/h2-32H,1H3. The van der Waals surface area contributed by atoms with Crippen LogP contribution in [0.4, 0.5) is 0 Å². The Labute approximate surface area is 302 Å². The van der Waals surface area contributed by atoms with E-state index >= 15 is 0 Å². The molecule has 0 unspecified atom stereocenters. The zero-order valence-electron chi connectivity index (χ0n) is 28.7. The van der Waals surface area contributed by atoms with E-state index in [9.17, 15) is 0 Å². The van der Waals surface area contributed by atoms with Crippen LogP contribution in [0.1, 0.15) is 0 Å². The molecule has 246 valence electrons. The average molecular weight is 667 g/mol. The van der Waals surface area contributed by atoms with Crippen molar-refractivity contribution >= 4 is 43.6 Å². The Balaban J connectivity index is 1.04. The summed E-state index contributed by atoms with van der Waals surface area (Å²) >= 11 is 0. The lowest BCUT2D eigenvalue weighted by molar-refractivity contribution is 0.415. The minimum absolute atomic E-state index is 0.851. The van der Waals surface area contributed by atoms with E-state index in [1.165, 1.54) is 77.2 Å². The summed E-state index contributed by atoms with van der Waals surface area (Å²) in [5, 5.41) is 4.88. The molecule has 0 aliphatic carbocycles. The predicted molar refractivity (Wildman–Crippen MR) is 218 cm³/mol. The summed E-state index contributed by atoms with van der Waals surface area (Å²) < 4.78 is 10.4. The maximum absolute atomic E-state index is 5.68. The van der Waals surface area contributed by atoms with E-state index in [0.29, 0.717) is 0 Å². The van der Waals surface area contributed by atoms with Crippen molar-refractivity contribution in [2.75, 3.05) is 7.11 Å². The highest BCUT2D eigenvalue weighted by molar-refractivity contribution is 6.12. The van der Waals surface area contributed by atoms with Crippen LogP contribution in [0.15, 0.2) is 188 Å². The Morgan fingerprint density at radius 3 is 1.33 bits per heavy atom. The Kier molecular flexibility index (Phi) is 7.04. The quantitative estimate of drug-likeness (QED) is 0.173. The minimum atomic E-state index is 0.851. The number of benzene rings is 8. The Morgan fingerprint density at radius 1 is 0.308 bits per heavy atom. The van der Waals surface area contributed by atoms with Gasteiger partial charge < -0.3 is 13.9 Å². The number of aromatic nitrogens is 2. The maximum atomic E-state index is 5.68. The fourth-order valence-electron chi connectivity index (χ4n) is 7.88. The molecule has 0 aliphatic rings. The van der Waals surface area contributed by atoms with Crippen LogP contribution in [0.5, 0.6) is 5.75 Å². The molecule has 0 fully saturated rings. The van der Waals surface area contributed by atoms with Crippen LogP contribution in [-0.2, 0) is 0 Å². The lowest BCUT2D eigenvalue weighted by atomic mass is 9.98. The highest BCUT2D eigenvalue weighted by Crippen LogP contribution is 2.39. The first-order valence-corrected chi connectivity index (χ1v) is 17.7. The van der Waals surface area contributed by atoms with Crippen molar-refractivity contribution in [3.8, 4) is 50.5 Å². The fraction of sp³-hybridized carbons (Fsp3) is 0.0204. The molecule has 0 amide bonds. The molecular weight excluding hydrogens is 633 g/mol. The van der Waals surface area contributed by atoms with Gasteiger partial charge in [0.2, 0.25) is 0 Å². The highest BCUT2D eigenvalue weighted by Gasteiger charge is 2.16. The largest absolute Gasteiger partial charge is 0.497 e. The van der Waals surface area contributed by atoms with Crippen LogP contribution in [0.2, 0.25) is 0 Å². The number of ether oxygens (including phenoxy) is 1. The summed E-state index contributed by atoms with van der Waals surface area (Å²) in [6.07, 6.45) is 0. The Hall–Kier alpha value is -6.84. The second kappa shape index (κ2) is 12.2. The third kappa shape index (κ3) is 4.90. The molecule has 0 atom stereocenters. The zero-order valence-corrected chi connectivity index (χ0v) is 28.7. The SMILES string of the molecule is COc1ccc2c(c1)c1cc(-c3ccc(-c4ccc5c(c4)c4ccccc4n5-c4ccccc4)cc3)ccc1n2-c1ccc(-c2ccccc2)cc1. The topological polar surface area (TPSA) is 19.1 Å². The average Bonchev–Trinajstić information content (AvgIpc) is 3.73. The Bertz CT molecular complexity index is 2900. The third-order valence-corrected chi connectivity index (χ3v) is 10.4. The van der Waals surface area contributed by atoms with E-state index in [2.05, 4.69) is 191 Å². The molecule has 0 saturated carbocycles. The molecule has 52 heavy (non-hydrogen) atoms. The summed E-state index contributed by atoms with van der Waals surface area (Å²) in [7, 11) is 1.73. The van der Waals surface area contributed by atoms with Gasteiger partial charge in [-0.1, -0.05) is 115 Å². The van der Waals surface area contributed by atoms with Gasteiger partial charge in [-0.2, -0.15) is 0 Å². The summed E-state index contributed by atoms with van der Waals surface area (Å²) in [5.41, 5.74) is 14.2. The number of para-hydroxylation sites is 2. The smallest absolute Gasteiger partial charge is 0.119 e. The molecule has 10 rings (SSSR count). The molecule has 0 radical (unpaired) electrons. The van der Waals surface area contributed by atoms with Gasteiger partial charge in [0.1, 0.15) is 5.75 Å². The summed E-state index contributed by atoms with van der Waals surface area (Å²) in [5.74, 6) is 0.851. The number of nitrogens with zero attached hydrogens (tertiary/aromatic N) is 2. The van der Waals surface area contributed by atoms with E-state index in [1.54, 1.807) is 7.11 Å². The summed E-state index contributed by atoms with van der Waals surface area (Å²) in [6.45, 7) is 0. The van der Waals surface area contributed by atoms with E-state index < -0.39 is 0 Å². The van der Waals surface area contributed by atoms with Crippen molar-refractivity contribution in [2.24, 2.45) is 0 Å². The first-order chi connectivity index (χ1) is 25.7. The van der Waals surface area contributed by atoms with E-state index in [0.717, 1.165) is 17.0 Å². The second-order valence-corrected chi connectivity index (χ2v) is 13.4. The normalized spacial score (nSPS) is 11.6. The number of methoxy groups -OCH3 is 1. The van der Waals surface area contributed by atoms with E-state index in [-0.39, 0.29) is 0 Å². The molecule has 0 saturated heterocycles. The van der Waals surface area contributed by atoms with Crippen molar-refractivity contribution in [3.05, 3.63) is 188 Å². The zero-order chi connectivity index (χ0) is 34.6. The molecule has 2 heterocycles. The number of rotatable bonds is 6. The number of hydrogen-bond donors (Lipinski definition) is 0. The monoisotopic (exact) mass is 666 g/mol. The van der Waals surface area contributed by atoms with Crippen LogP contribution < -0.4 is 4.74 Å². The van der Waals surface area contributed by atoms with Crippen LogP contribution in [0.25, 0.3) is 88.4 Å². The van der Waals surface area contributed by atoms with Crippen LogP contribution in [0, 0.1) is 0 Å². The Morgan fingerprint density at radius 2 is 0.712 bits per heavy atom. The van der Waals surface area contributed by atoms with Crippen LogP contribution >= 0.6 is 0 Å². The minimum Gasteiger partial charge on any atom is -0.497 e. The van der Waals surface area contributed by atoms with Crippen molar-refractivity contribution in [1.82, 2.24) is 9.13 Å². The molecule has 0 N–H and O–H groups in total. The van der Waals surface area contributed by atoms with Crippen molar-refractivity contribution in [1.29, 1.82) is 0 Å². The molecule has 0 bridgehead atoms. The van der Waals surface area contributed by atoms with Crippen LogP contribution in [0.3, 0.4) is 0 Å². The lowest BCUT2D eigenvalue weighted by Gasteiger charge is -2.10. The molecule has 3 nitrogen and oxygen atoms in total. The first kappa shape index (κ1) is 30.0. The van der Waals surface area contributed by atoms with Gasteiger partial charge in [-0.25, -0.2) is 0 Å². The van der Waals surface area contributed by atoms with Crippen molar-refractivity contribution < 1.29 is 4.74 Å². The lowest BCUT2D eigenvalue weighted by Crippen LogP contribution is -1.94. The third-order valence-electron chi connectivity index (χ3n) is 10.4. The van der Waals surface area contributed by atoms with Gasteiger partial charge in [-0.3, -0.25) is 0 Å². The van der Waals surface area contributed by atoms with Gasteiger partial charge in [0.15, 0.2) is 0 Å². The molecule has 2 aromatic heterocycles. The van der Waals surface area contributed by atoms with Crippen molar-refractivity contribution in [2.45, 2.75) is 0 Å². The van der Waals surface area contributed by atoms with Gasteiger partial charge in [0.05, 0.1) is 29.2 Å². The fourth-order valence-corrected chi connectivity index (χ4v) is 7.88. The van der Waals surface area contributed by atoms with Gasteiger partial charge >= 0.3 is 0 Å². The molecule has 10 aromatic rings. The number of hydrogen-bond acceptors (Lipinski definition) is 1. The molecular formula is C49H34N2O. The van der Waals surface area contributed by atoms with E-state index in [4.69, 9.17) is 4.74 Å². The first-order valence-electron chi connectivity index (χ1n) is 17.7. The highest BCUT2D eigenvalue weighted by atomic mass is 16.5. The number of fused-ring (bicyclic) bond motifs is 6. The van der Waals surface area contributed by atoms with Crippen molar-refractivity contribution in [3.63, 3.8) is 0 Å².